The SMILES string of the molecule is O=C(CCc1ccccc1C(=O)O)Nc1cccc(COCC2CC2)c1. The van der Waals surface area contributed by atoms with Gasteiger partial charge >= 0.3 is 5.97 Å². The Morgan fingerprint density at radius 1 is 1.12 bits per heavy atom. The van der Waals surface area contributed by atoms with Crippen molar-refractivity contribution in [1.29, 1.82) is 0 Å². The topological polar surface area (TPSA) is 75.6 Å². The molecule has 0 bridgehead atoms. The molecule has 0 aliphatic heterocycles. The molecule has 2 N–H and O–H groups in total. The van der Waals surface area contributed by atoms with Crippen LogP contribution in [0.4, 0.5) is 5.69 Å². The van der Waals surface area contributed by atoms with Gasteiger partial charge in [-0.15, -0.1) is 0 Å². The lowest BCUT2D eigenvalue weighted by atomic mass is 10.0. The summed E-state index contributed by atoms with van der Waals surface area (Å²) in [4.78, 5) is 23.4. The average Bonchev–Trinajstić information content (AvgIpc) is 3.45. The van der Waals surface area contributed by atoms with E-state index in [1.165, 1.54) is 12.8 Å². The highest BCUT2D eigenvalue weighted by molar-refractivity contribution is 5.92. The molecule has 1 aliphatic rings. The molecule has 1 amide bonds. The molecule has 26 heavy (non-hydrogen) atoms. The minimum absolute atomic E-state index is 0.138. The number of hydrogen-bond acceptors (Lipinski definition) is 3. The summed E-state index contributed by atoms with van der Waals surface area (Å²) in [5.74, 6) is -0.382. The quantitative estimate of drug-likeness (QED) is 0.717. The van der Waals surface area contributed by atoms with Gasteiger partial charge in [0.15, 0.2) is 0 Å². The van der Waals surface area contributed by atoms with Crippen molar-refractivity contribution in [1.82, 2.24) is 0 Å². The molecule has 1 fully saturated rings. The molecule has 0 heterocycles. The Bertz CT molecular complexity index is 783. The Labute approximate surface area is 153 Å². The summed E-state index contributed by atoms with van der Waals surface area (Å²) in [7, 11) is 0. The molecule has 2 aromatic rings. The summed E-state index contributed by atoms with van der Waals surface area (Å²) in [6.45, 7) is 1.35. The first-order chi connectivity index (χ1) is 12.6. The predicted octanol–water partition coefficient (Wildman–Crippen LogP) is 3.88. The van der Waals surface area contributed by atoms with Gasteiger partial charge in [0, 0.05) is 18.7 Å². The molecule has 0 saturated heterocycles. The van der Waals surface area contributed by atoms with E-state index < -0.39 is 5.97 Å². The monoisotopic (exact) mass is 353 g/mol. The van der Waals surface area contributed by atoms with Crippen molar-refractivity contribution in [2.24, 2.45) is 5.92 Å². The second kappa shape index (κ2) is 8.63. The molecule has 5 nitrogen and oxygen atoms in total. The van der Waals surface area contributed by atoms with Gasteiger partial charge in [-0.1, -0.05) is 30.3 Å². The van der Waals surface area contributed by atoms with Crippen molar-refractivity contribution in [2.75, 3.05) is 11.9 Å². The highest BCUT2D eigenvalue weighted by Crippen LogP contribution is 2.29. The van der Waals surface area contributed by atoms with E-state index in [0.717, 1.165) is 23.8 Å². The summed E-state index contributed by atoms with van der Waals surface area (Å²) >= 11 is 0. The number of rotatable bonds is 9. The van der Waals surface area contributed by atoms with E-state index in [-0.39, 0.29) is 17.9 Å². The van der Waals surface area contributed by atoms with Gasteiger partial charge in [0.05, 0.1) is 12.2 Å². The zero-order valence-corrected chi connectivity index (χ0v) is 14.6. The maximum Gasteiger partial charge on any atom is 0.335 e. The van der Waals surface area contributed by atoms with Crippen LogP contribution in [0.5, 0.6) is 0 Å². The third kappa shape index (κ3) is 5.43. The van der Waals surface area contributed by atoms with E-state index in [9.17, 15) is 14.7 Å². The van der Waals surface area contributed by atoms with E-state index in [1.807, 2.05) is 24.3 Å². The minimum atomic E-state index is -0.972. The van der Waals surface area contributed by atoms with Gasteiger partial charge in [-0.2, -0.15) is 0 Å². The van der Waals surface area contributed by atoms with Gasteiger partial charge in [0.1, 0.15) is 0 Å². The van der Waals surface area contributed by atoms with Crippen LogP contribution < -0.4 is 5.32 Å². The summed E-state index contributed by atoms with van der Waals surface area (Å²) in [6, 6.07) is 14.4. The van der Waals surface area contributed by atoms with Crippen molar-refractivity contribution in [2.45, 2.75) is 32.3 Å². The van der Waals surface area contributed by atoms with Crippen LogP contribution in [0.15, 0.2) is 48.5 Å². The number of carbonyl (C=O) groups is 2. The number of carboxylic acids is 1. The molecule has 0 unspecified atom stereocenters. The molecule has 0 spiro atoms. The van der Waals surface area contributed by atoms with Crippen LogP contribution in [0.2, 0.25) is 0 Å². The lowest BCUT2D eigenvalue weighted by Gasteiger charge is -2.09. The first-order valence-corrected chi connectivity index (χ1v) is 8.89. The fourth-order valence-electron chi connectivity index (χ4n) is 2.79. The van der Waals surface area contributed by atoms with E-state index in [4.69, 9.17) is 4.74 Å². The lowest BCUT2D eigenvalue weighted by Crippen LogP contribution is -2.13. The van der Waals surface area contributed by atoms with E-state index >= 15 is 0 Å². The molecule has 2 aromatic carbocycles. The van der Waals surface area contributed by atoms with E-state index in [1.54, 1.807) is 24.3 Å². The third-order valence-corrected chi connectivity index (χ3v) is 4.40. The zero-order valence-electron chi connectivity index (χ0n) is 14.6. The first kappa shape index (κ1) is 18.1. The smallest absolute Gasteiger partial charge is 0.335 e. The zero-order chi connectivity index (χ0) is 18.4. The molecule has 3 rings (SSSR count). The Hall–Kier alpha value is -2.66. The van der Waals surface area contributed by atoms with Gasteiger partial charge in [0.25, 0.3) is 0 Å². The summed E-state index contributed by atoms with van der Waals surface area (Å²) < 4.78 is 5.68. The normalized spacial score (nSPS) is 13.4. The molecular weight excluding hydrogens is 330 g/mol. The second-order valence-corrected chi connectivity index (χ2v) is 6.67. The largest absolute Gasteiger partial charge is 0.478 e. The number of nitrogens with one attached hydrogen (secondary N) is 1. The highest BCUT2D eigenvalue weighted by atomic mass is 16.5. The fraction of sp³-hybridized carbons (Fsp3) is 0.333. The maximum absolute atomic E-state index is 12.2. The van der Waals surface area contributed by atoms with Gasteiger partial charge in [-0.25, -0.2) is 4.79 Å². The van der Waals surface area contributed by atoms with E-state index in [0.29, 0.717) is 18.6 Å². The van der Waals surface area contributed by atoms with Crippen molar-refractivity contribution in [3.63, 3.8) is 0 Å². The first-order valence-electron chi connectivity index (χ1n) is 8.89. The molecule has 0 radical (unpaired) electrons. The van der Waals surface area contributed by atoms with Crippen LogP contribution >= 0.6 is 0 Å². The Kier molecular flexibility index (Phi) is 6.02. The number of hydrogen-bond donors (Lipinski definition) is 2. The Morgan fingerprint density at radius 3 is 2.69 bits per heavy atom. The highest BCUT2D eigenvalue weighted by Gasteiger charge is 2.21. The number of aromatic carboxylic acids is 1. The number of benzene rings is 2. The number of carboxylic acid groups (broad SMARTS) is 1. The van der Waals surface area contributed by atoms with E-state index in [2.05, 4.69) is 5.32 Å². The summed E-state index contributed by atoms with van der Waals surface area (Å²) in [5, 5.41) is 12.1. The number of carbonyl (C=O) groups excluding carboxylic acids is 1. The Balaban J connectivity index is 1.50. The van der Waals surface area contributed by atoms with Crippen molar-refractivity contribution >= 4 is 17.6 Å². The molecular formula is C21H23NO4. The molecule has 1 aliphatic carbocycles. The number of ether oxygens (including phenoxy) is 1. The number of aryl methyl sites for hydroxylation is 1. The minimum Gasteiger partial charge on any atom is -0.478 e. The van der Waals surface area contributed by atoms with Gasteiger partial charge in [-0.05, 0) is 54.5 Å². The summed E-state index contributed by atoms with van der Waals surface area (Å²) in [5.41, 5.74) is 2.67. The van der Waals surface area contributed by atoms with Crippen LogP contribution in [-0.4, -0.2) is 23.6 Å². The average molecular weight is 353 g/mol. The third-order valence-electron chi connectivity index (χ3n) is 4.40. The van der Waals surface area contributed by atoms with Crippen LogP contribution in [0.25, 0.3) is 0 Å². The van der Waals surface area contributed by atoms with Gasteiger partial charge in [0.2, 0.25) is 5.91 Å². The molecule has 5 heteroatoms. The molecule has 1 saturated carbocycles. The van der Waals surface area contributed by atoms with Crippen molar-refractivity contribution in [3.8, 4) is 0 Å². The number of amides is 1. The summed E-state index contributed by atoms with van der Waals surface area (Å²) in [6.07, 6.45) is 3.15. The predicted molar refractivity (Wildman–Crippen MR) is 99.2 cm³/mol. The Morgan fingerprint density at radius 2 is 1.92 bits per heavy atom. The van der Waals surface area contributed by atoms with Gasteiger partial charge in [-0.3, -0.25) is 4.79 Å². The van der Waals surface area contributed by atoms with Crippen LogP contribution in [0.1, 0.15) is 40.7 Å². The standard InChI is InChI=1S/C21H23NO4/c23-20(11-10-17-5-1-2-7-19(17)21(24)25)22-18-6-3-4-16(12-18)14-26-13-15-8-9-15/h1-7,12,15H,8-11,13-14H2,(H,22,23)(H,24,25). The maximum atomic E-state index is 12.2. The lowest BCUT2D eigenvalue weighted by molar-refractivity contribution is -0.116. The van der Waals surface area contributed by atoms with Crippen LogP contribution in [0.3, 0.4) is 0 Å². The van der Waals surface area contributed by atoms with Gasteiger partial charge < -0.3 is 15.2 Å². The molecule has 0 aromatic heterocycles. The fourth-order valence-corrected chi connectivity index (χ4v) is 2.79. The van der Waals surface area contributed by atoms with Crippen molar-refractivity contribution in [3.05, 3.63) is 65.2 Å². The second-order valence-electron chi connectivity index (χ2n) is 6.67. The number of anilines is 1. The van der Waals surface area contributed by atoms with Crippen LogP contribution in [0, 0.1) is 5.92 Å². The van der Waals surface area contributed by atoms with Crippen LogP contribution in [-0.2, 0) is 22.6 Å². The molecule has 0 atom stereocenters. The van der Waals surface area contributed by atoms with Crippen molar-refractivity contribution < 1.29 is 19.4 Å². The molecule has 136 valence electrons.